The molecule has 3 rings (SSSR count). The predicted molar refractivity (Wildman–Crippen MR) is 69.1 cm³/mol. The third kappa shape index (κ3) is 1.30. The molecule has 1 aliphatic heterocycles. The molecule has 3 fully saturated rings. The lowest BCUT2D eigenvalue weighted by atomic mass is 9.53. The van der Waals surface area contributed by atoms with E-state index in [2.05, 4.69) is 20.4 Å². The molecule has 3 nitrogen and oxygen atoms in total. The maximum Gasteiger partial charge on any atom is 0.144 e. The van der Waals surface area contributed by atoms with Crippen LogP contribution < -0.4 is 0 Å². The van der Waals surface area contributed by atoms with Crippen molar-refractivity contribution in [2.45, 2.75) is 57.3 Å². The molecular weight excluding hydrogens is 228 g/mol. The first-order valence-electron chi connectivity index (χ1n) is 7.13. The van der Waals surface area contributed by atoms with Crippen molar-refractivity contribution in [2.75, 3.05) is 6.61 Å². The fourth-order valence-electron chi connectivity index (χ4n) is 4.61. The van der Waals surface area contributed by atoms with Gasteiger partial charge in [-0.05, 0) is 30.3 Å². The Kier molecular flexibility index (Phi) is 2.68. The average molecular weight is 252 g/mol. The highest BCUT2D eigenvalue weighted by Crippen LogP contribution is 2.66. The van der Waals surface area contributed by atoms with E-state index in [1.54, 1.807) is 0 Å². The van der Waals surface area contributed by atoms with Gasteiger partial charge in [0.15, 0.2) is 0 Å². The van der Waals surface area contributed by atoms with Crippen LogP contribution >= 0.6 is 0 Å². The molecule has 0 bridgehead atoms. The summed E-state index contributed by atoms with van der Waals surface area (Å²) in [5.74, 6) is 1.16. The smallest absolute Gasteiger partial charge is 0.144 e. The van der Waals surface area contributed by atoms with Gasteiger partial charge < -0.3 is 14.9 Å². The molecule has 0 aromatic rings. The van der Waals surface area contributed by atoms with Crippen LogP contribution in [0.1, 0.15) is 39.5 Å². The van der Waals surface area contributed by atoms with Gasteiger partial charge in [-0.3, -0.25) is 0 Å². The maximum absolute atomic E-state index is 10.4. The van der Waals surface area contributed by atoms with E-state index in [0.29, 0.717) is 17.4 Å². The average Bonchev–Trinajstić information content (AvgIpc) is 3.11. The van der Waals surface area contributed by atoms with E-state index in [-0.39, 0.29) is 18.1 Å². The van der Waals surface area contributed by atoms with Crippen molar-refractivity contribution in [3.8, 4) is 0 Å². The van der Waals surface area contributed by atoms with Gasteiger partial charge >= 0.3 is 0 Å². The van der Waals surface area contributed by atoms with Crippen molar-refractivity contribution in [1.82, 2.24) is 0 Å². The van der Waals surface area contributed by atoms with Gasteiger partial charge in [0.05, 0.1) is 12.7 Å². The highest BCUT2D eigenvalue weighted by Gasteiger charge is 2.74. The number of aliphatic hydroxyl groups excluding tert-OH is 2. The lowest BCUT2D eigenvalue weighted by Gasteiger charge is -2.50. The standard InChI is InChI=1S/C15H24O3/c1-9-5-4-6-11-7-12(17)15(10(2)8-16)13(18-15)14(9,11)3/h9,11-13,16-17H,2,4-8H2,1,3H3/t9-,11+,12-,13-,14+,15+/m0/s1. The molecule has 0 radical (unpaired) electrons. The fraction of sp³-hybridized carbons (Fsp3) is 0.867. The van der Waals surface area contributed by atoms with Gasteiger partial charge in [-0.2, -0.15) is 0 Å². The van der Waals surface area contributed by atoms with Gasteiger partial charge in [-0.1, -0.05) is 33.3 Å². The summed E-state index contributed by atoms with van der Waals surface area (Å²) in [6.45, 7) is 8.44. The number of hydrogen-bond acceptors (Lipinski definition) is 3. The lowest BCUT2D eigenvalue weighted by molar-refractivity contribution is -0.0325. The Bertz CT molecular complexity index is 380. The number of aliphatic hydroxyl groups is 2. The molecule has 0 unspecified atom stereocenters. The minimum Gasteiger partial charge on any atom is -0.392 e. The summed E-state index contributed by atoms with van der Waals surface area (Å²) in [6.07, 6.45) is 4.04. The van der Waals surface area contributed by atoms with Crippen LogP contribution in [0, 0.1) is 17.3 Å². The molecule has 6 atom stereocenters. The van der Waals surface area contributed by atoms with Gasteiger partial charge in [0, 0.05) is 5.41 Å². The van der Waals surface area contributed by atoms with Crippen molar-refractivity contribution in [3.05, 3.63) is 12.2 Å². The summed E-state index contributed by atoms with van der Waals surface area (Å²) >= 11 is 0. The molecule has 3 aliphatic rings. The molecule has 18 heavy (non-hydrogen) atoms. The van der Waals surface area contributed by atoms with E-state index in [4.69, 9.17) is 4.74 Å². The quantitative estimate of drug-likeness (QED) is 0.583. The molecule has 2 aliphatic carbocycles. The first kappa shape index (κ1) is 12.6. The van der Waals surface area contributed by atoms with Crippen molar-refractivity contribution in [2.24, 2.45) is 17.3 Å². The minimum atomic E-state index is -0.647. The van der Waals surface area contributed by atoms with Crippen LogP contribution in [-0.4, -0.2) is 34.6 Å². The molecule has 3 heteroatoms. The van der Waals surface area contributed by atoms with Gasteiger partial charge in [0.2, 0.25) is 0 Å². The second kappa shape index (κ2) is 3.81. The molecule has 1 heterocycles. The van der Waals surface area contributed by atoms with Crippen LogP contribution in [0.4, 0.5) is 0 Å². The highest BCUT2D eigenvalue weighted by atomic mass is 16.6. The number of rotatable bonds is 2. The highest BCUT2D eigenvalue weighted by molar-refractivity contribution is 5.34. The van der Waals surface area contributed by atoms with Gasteiger partial charge in [0.1, 0.15) is 11.7 Å². The zero-order valence-corrected chi connectivity index (χ0v) is 11.4. The Morgan fingerprint density at radius 2 is 2.17 bits per heavy atom. The van der Waals surface area contributed by atoms with Gasteiger partial charge in [-0.15, -0.1) is 0 Å². The predicted octanol–water partition coefficient (Wildman–Crippen LogP) is 1.88. The van der Waals surface area contributed by atoms with E-state index < -0.39 is 11.7 Å². The summed E-state index contributed by atoms with van der Waals surface area (Å²) in [7, 11) is 0. The SMILES string of the molecule is C=C(CO)[C@]12O[C@H]1[C@@]1(C)[C@H](CCC[C@@H]1C)C[C@@H]2O. The molecule has 0 spiro atoms. The molecule has 0 aromatic carbocycles. The third-order valence-electron chi connectivity index (χ3n) is 6.09. The number of ether oxygens (including phenoxy) is 1. The van der Waals surface area contributed by atoms with Crippen LogP contribution in [0.3, 0.4) is 0 Å². The van der Waals surface area contributed by atoms with Crippen molar-refractivity contribution < 1.29 is 14.9 Å². The number of epoxide rings is 1. The zero-order valence-electron chi connectivity index (χ0n) is 11.4. The normalized spacial score (nSPS) is 54.4. The van der Waals surface area contributed by atoms with E-state index in [0.717, 1.165) is 6.42 Å². The second-order valence-electron chi connectivity index (χ2n) is 6.70. The monoisotopic (exact) mass is 252 g/mol. The van der Waals surface area contributed by atoms with Crippen LogP contribution in [0.5, 0.6) is 0 Å². The molecule has 0 aromatic heterocycles. The summed E-state index contributed by atoms with van der Waals surface area (Å²) < 4.78 is 5.96. The topological polar surface area (TPSA) is 53.0 Å². The number of fused-ring (bicyclic) bond motifs is 3. The van der Waals surface area contributed by atoms with Crippen LogP contribution in [0.2, 0.25) is 0 Å². The van der Waals surface area contributed by atoms with Crippen molar-refractivity contribution in [3.63, 3.8) is 0 Å². The molecule has 2 saturated carbocycles. The largest absolute Gasteiger partial charge is 0.392 e. The molecule has 2 N–H and O–H groups in total. The van der Waals surface area contributed by atoms with Gasteiger partial charge in [0.25, 0.3) is 0 Å². The summed E-state index contributed by atoms with van der Waals surface area (Å²) in [4.78, 5) is 0. The number of hydrogen-bond donors (Lipinski definition) is 2. The van der Waals surface area contributed by atoms with Crippen LogP contribution in [0.25, 0.3) is 0 Å². The van der Waals surface area contributed by atoms with E-state index in [9.17, 15) is 10.2 Å². The van der Waals surface area contributed by atoms with Crippen molar-refractivity contribution in [1.29, 1.82) is 0 Å². The Hall–Kier alpha value is -0.380. The van der Waals surface area contributed by atoms with Crippen LogP contribution in [-0.2, 0) is 4.74 Å². The van der Waals surface area contributed by atoms with Gasteiger partial charge in [-0.25, -0.2) is 0 Å². The van der Waals surface area contributed by atoms with E-state index in [1.165, 1.54) is 19.3 Å². The molecular formula is C15H24O3. The Labute approximate surface area is 109 Å². The fourth-order valence-corrected chi connectivity index (χ4v) is 4.61. The minimum absolute atomic E-state index is 0.0497. The van der Waals surface area contributed by atoms with E-state index >= 15 is 0 Å². The first-order valence-corrected chi connectivity index (χ1v) is 7.13. The van der Waals surface area contributed by atoms with Crippen molar-refractivity contribution >= 4 is 0 Å². The van der Waals surface area contributed by atoms with Crippen LogP contribution in [0.15, 0.2) is 12.2 Å². The Balaban J connectivity index is 1.95. The lowest BCUT2D eigenvalue weighted by Crippen LogP contribution is -2.54. The summed E-state index contributed by atoms with van der Waals surface area (Å²) in [5, 5.41) is 19.8. The Morgan fingerprint density at radius 1 is 1.44 bits per heavy atom. The molecule has 0 amide bonds. The zero-order chi connectivity index (χ0) is 13.1. The molecule has 1 saturated heterocycles. The Morgan fingerprint density at radius 3 is 2.83 bits per heavy atom. The molecule has 102 valence electrons. The first-order chi connectivity index (χ1) is 8.47. The van der Waals surface area contributed by atoms with E-state index in [1.807, 2.05) is 0 Å². The maximum atomic E-state index is 10.4. The second-order valence-corrected chi connectivity index (χ2v) is 6.70. The summed E-state index contributed by atoms with van der Waals surface area (Å²) in [5.41, 5.74) is 0.138. The summed E-state index contributed by atoms with van der Waals surface area (Å²) in [6, 6.07) is 0. The third-order valence-corrected chi connectivity index (χ3v) is 6.09.